The Labute approximate surface area is 131 Å². The fourth-order valence-electron chi connectivity index (χ4n) is 2.44. The zero-order valence-corrected chi connectivity index (χ0v) is 13.4. The van der Waals surface area contributed by atoms with E-state index < -0.39 is 6.36 Å². The van der Waals surface area contributed by atoms with E-state index in [1.54, 1.807) is 6.07 Å². The average molecular weight is 337 g/mol. The summed E-state index contributed by atoms with van der Waals surface area (Å²) in [6.45, 7) is 2.17. The van der Waals surface area contributed by atoms with E-state index in [0.29, 0.717) is 10.5 Å². The normalized spacial score (nSPS) is 24.6. The number of hydrogen-bond donors (Lipinski definition) is 1. The molecule has 118 valence electrons. The van der Waals surface area contributed by atoms with E-state index in [1.165, 1.54) is 12.1 Å². The van der Waals surface area contributed by atoms with Crippen LogP contribution in [0.2, 0.25) is 0 Å². The number of rotatable bonds is 4. The minimum atomic E-state index is -4.66. The number of benzene rings is 1. The van der Waals surface area contributed by atoms with Crippen molar-refractivity contribution in [2.24, 2.45) is 0 Å². The van der Waals surface area contributed by atoms with Gasteiger partial charge in [-0.25, -0.2) is 0 Å². The number of hydrogen-bond acceptors (Lipinski definition) is 4. The number of nitrogens with one attached hydrogen (secondary N) is 1. The van der Waals surface area contributed by atoms with Crippen LogP contribution in [0.15, 0.2) is 24.3 Å². The van der Waals surface area contributed by atoms with E-state index in [4.69, 9.17) is 0 Å². The van der Waals surface area contributed by atoms with Crippen LogP contribution < -0.4 is 10.1 Å². The van der Waals surface area contributed by atoms with E-state index >= 15 is 0 Å². The molecule has 3 atom stereocenters. The molecular weight excluding hydrogens is 319 g/mol. The van der Waals surface area contributed by atoms with Crippen LogP contribution in [0.5, 0.6) is 5.75 Å². The van der Waals surface area contributed by atoms with Crippen LogP contribution >= 0.6 is 23.5 Å². The Morgan fingerprint density at radius 1 is 1.29 bits per heavy atom. The van der Waals surface area contributed by atoms with E-state index in [-0.39, 0.29) is 11.8 Å². The maximum Gasteiger partial charge on any atom is 0.573 e. The second-order valence-corrected chi connectivity index (χ2v) is 7.57. The fourth-order valence-corrected chi connectivity index (χ4v) is 5.43. The van der Waals surface area contributed by atoms with Crippen LogP contribution in [0.4, 0.5) is 13.2 Å². The lowest BCUT2D eigenvalue weighted by Crippen LogP contribution is -2.36. The van der Waals surface area contributed by atoms with E-state index in [1.807, 2.05) is 36.6 Å². The minimum absolute atomic E-state index is 0.00887. The molecule has 0 aliphatic carbocycles. The van der Waals surface area contributed by atoms with Crippen molar-refractivity contribution in [3.05, 3.63) is 29.8 Å². The quantitative estimate of drug-likeness (QED) is 0.893. The first kappa shape index (κ1) is 16.8. The Bertz CT molecular complexity index is 470. The van der Waals surface area contributed by atoms with Gasteiger partial charge in [-0.1, -0.05) is 19.1 Å². The van der Waals surface area contributed by atoms with Crippen LogP contribution in [0.25, 0.3) is 0 Å². The first-order chi connectivity index (χ1) is 9.90. The molecule has 1 aromatic rings. The van der Waals surface area contributed by atoms with Crippen molar-refractivity contribution in [1.82, 2.24) is 5.32 Å². The molecule has 0 amide bonds. The zero-order chi connectivity index (χ0) is 15.5. The van der Waals surface area contributed by atoms with Crippen LogP contribution in [-0.4, -0.2) is 35.4 Å². The summed E-state index contributed by atoms with van der Waals surface area (Å²) in [6, 6.07) is 6.26. The summed E-state index contributed by atoms with van der Waals surface area (Å²) < 4.78 is 41.0. The Balaban J connectivity index is 2.19. The largest absolute Gasteiger partial charge is 0.573 e. The zero-order valence-electron chi connectivity index (χ0n) is 11.8. The Kier molecular flexibility index (Phi) is 5.73. The molecule has 0 bridgehead atoms. The van der Waals surface area contributed by atoms with Crippen LogP contribution in [0, 0.1) is 0 Å². The topological polar surface area (TPSA) is 21.3 Å². The summed E-state index contributed by atoms with van der Waals surface area (Å²) in [7, 11) is 1.84. The SMILES string of the molecule is CNC(c1cccc(OC(F)(F)F)c1)C1SCCSC1C. The van der Waals surface area contributed by atoms with Gasteiger partial charge in [0.2, 0.25) is 0 Å². The molecule has 1 aliphatic heterocycles. The number of ether oxygens (including phenoxy) is 1. The molecule has 3 unspecified atom stereocenters. The number of halogens is 3. The molecule has 0 spiro atoms. The van der Waals surface area contributed by atoms with Crippen LogP contribution in [-0.2, 0) is 0 Å². The first-order valence-electron chi connectivity index (χ1n) is 6.67. The van der Waals surface area contributed by atoms with Gasteiger partial charge in [0.05, 0.1) is 0 Å². The van der Waals surface area contributed by atoms with E-state index in [0.717, 1.165) is 17.1 Å². The number of alkyl halides is 3. The first-order valence-corrected chi connectivity index (χ1v) is 8.76. The number of thioether (sulfide) groups is 2. The maximum absolute atomic E-state index is 12.3. The Morgan fingerprint density at radius 3 is 2.62 bits per heavy atom. The third-order valence-corrected chi connectivity index (χ3v) is 6.52. The van der Waals surface area contributed by atoms with Crippen molar-refractivity contribution in [3.63, 3.8) is 0 Å². The summed E-state index contributed by atoms with van der Waals surface area (Å²) in [5.41, 5.74) is 0.825. The molecule has 1 saturated heterocycles. The molecule has 2 rings (SSSR count). The molecule has 7 heteroatoms. The predicted molar refractivity (Wildman–Crippen MR) is 83.1 cm³/mol. The molecule has 0 aromatic heterocycles. The molecule has 1 aliphatic rings. The highest BCUT2D eigenvalue weighted by molar-refractivity contribution is 8.07. The highest BCUT2D eigenvalue weighted by Gasteiger charge is 2.33. The summed E-state index contributed by atoms with van der Waals surface area (Å²) in [5.74, 6) is 2.02. The van der Waals surface area contributed by atoms with Crippen molar-refractivity contribution in [2.75, 3.05) is 18.6 Å². The predicted octanol–water partition coefficient (Wildman–Crippen LogP) is 4.08. The Morgan fingerprint density at radius 2 is 2.00 bits per heavy atom. The van der Waals surface area contributed by atoms with E-state index in [9.17, 15) is 13.2 Å². The summed E-state index contributed by atoms with van der Waals surface area (Å²) in [4.78, 5) is 0. The van der Waals surface area contributed by atoms with Gasteiger partial charge in [-0.2, -0.15) is 23.5 Å². The Hall–Kier alpha value is -0.530. The lowest BCUT2D eigenvalue weighted by atomic mass is 10.0. The third kappa shape index (κ3) is 4.72. The van der Waals surface area contributed by atoms with Gasteiger partial charge in [-0.15, -0.1) is 13.2 Å². The lowest BCUT2D eigenvalue weighted by molar-refractivity contribution is -0.274. The summed E-state index contributed by atoms with van der Waals surface area (Å²) in [6.07, 6.45) is -4.66. The molecule has 1 N–H and O–H groups in total. The summed E-state index contributed by atoms with van der Waals surface area (Å²) >= 11 is 3.78. The third-order valence-electron chi connectivity index (χ3n) is 3.33. The molecule has 0 saturated carbocycles. The van der Waals surface area contributed by atoms with Crippen LogP contribution in [0.1, 0.15) is 18.5 Å². The minimum Gasteiger partial charge on any atom is -0.406 e. The smallest absolute Gasteiger partial charge is 0.406 e. The van der Waals surface area contributed by atoms with Crippen LogP contribution in [0.3, 0.4) is 0 Å². The van der Waals surface area contributed by atoms with Crippen molar-refractivity contribution in [2.45, 2.75) is 29.8 Å². The highest BCUT2D eigenvalue weighted by Crippen LogP contribution is 2.39. The molecule has 1 fully saturated rings. The van der Waals surface area contributed by atoms with Crippen molar-refractivity contribution < 1.29 is 17.9 Å². The summed E-state index contributed by atoms with van der Waals surface area (Å²) in [5, 5.41) is 4.02. The van der Waals surface area contributed by atoms with Crippen molar-refractivity contribution in [1.29, 1.82) is 0 Å². The molecule has 21 heavy (non-hydrogen) atoms. The molecular formula is C14H18F3NOS2. The van der Waals surface area contributed by atoms with Gasteiger partial charge >= 0.3 is 6.36 Å². The van der Waals surface area contributed by atoms with Gasteiger partial charge in [-0.3, -0.25) is 0 Å². The maximum atomic E-state index is 12.3. The van der Waals surface area contributed by atoms with Gasteiger partial charge in [0.15, 0.2) is 0 Å². The van der Waals surface area contributed by atoms with Crippen molar-refractivity contribution >= 4 is 23.5 Å². The van der Waals surface area contributed by atoms with Gasteiger partial charge in [0, 0.05) is 28.0 Å². The molecule has 1 heterocycles. The lowest BCUT2D eigenvalue weighted by Gasteiger charge is -2.34. The van der Waals surface area contributed by atoms with E-state index in [2.05, 4.69) is 17.0 Å². The molecule has 2 nitrogen and oxygen atoms in total. The van der Waals surface area contributed by atoms with Crippen molar-refractivity contribution in [3.8, 4) is 5.75 Å². The molecule has 1 aromatic carbocycles. The second-order valence-electron chi connectivity index (χ2n) is 4.80. The second kappa shape index (κ2) is 7.15. The fraction of sp³-hybridized carbons (Fsp3) is 0.571. The standard InChI is InChI=1S/C14H18F3NOS2/c1-9-13(21-7-6-20-9)12(18-2)10-4-3-5-11(8-10)19-14(15,16)17/h3-5,8-9,12-13,18H,6-7H2,1-2H3. The average Bonchev–Trinajstić information content (AvgIpc) is 2.40. The monoisotopic (exact) mass is 337 g/mol. The van der Waals surface area contributed by atoms with Gasteiger partial charge in [-0.05, 0) is 24.7 Å². The van der Waals surface area contributed by atoms with Gasteiger partial charge in [0.25, 0.3) is 0 Å². The molecule has 0 radical (unpaired) electrons. The van der Waals surface area contributed by atoms with Gasteiger partial charge < -0.3 is 10.1 Å². The highest BCUT2D eigenvalue weighted by atomic mass is 32.2. The van der Waals surface area contributed by atoms with Gasteiger partial charge in [0.1, 0.15) is 5.75 Å².